The fourth-order valence-corrected chi connectivity index (χ4v) is 7.38. The molecule has 0 unspecified atom stereocenters. The van der Waals surface area contributed by atoms with Gasteiger partial charge in [-0.2, -0.15) is 9.40 Å². The first-order valence-electron chi connectivity index (χ1n) is 12.2. The third kappa shape index (κ3) is 4.28. The number of piperidine rings is 2. The van der Waals surface area contributed by atoms with E-state index in [1.54, 1.807) is 28.8 Å². The summed E-state index contributed by atoms with van der Waals surface area (Å²) in [5.74, 6) is 2.07. The Balaban J connectivity index is 1.28. The molecule has 10 nitrogen and oxygen atoms in total. The van der Waals surface area contributed by atoms with Crippen molar-refractivity contribution in [3.63, 3.8) is 0 Å². The van der Waals surface area contributed by atoms with Crippen LogP contribution in [0.4, 0.5) is 17.5 Å². The molecule has 6 heterocycles. The first kappa shape index (κ1) is 22.9. The number of aryl methyl sites for hydroxylation is 1. The minimum absolute atomic E-state index is 0.0575. The van der Waals surface area contributed by atoms with E-state index in [-0.39, 0.29) is 23.0 Å². The van der Waals surface area contributed by atoms with Gasteiger partial charge in [-0.25, -0.2) is 13.4 Å². The molecule has 4 aromatic rings. The maximum atomic E-state index is 13.5. The quantitative estimate of drug-likeness (QED) is 0.360. The first-order valence-corrected chi connectivity index (χ1v) is 13.7. The number of nitrogens with one attached hydrogen (secondary N) is 3. The van der Waals surface area contributed by atoms with Gasteiger partial charge in [0.05, 0.1) is 5.52 Å². The third-order valence-corrected chi connectivity index (χ3v) is 9.01. The van der Waals surface area contributed by atoms with Crippen molar-refractivity contribution in [2.45, 2.75) is 62.0 Å². The molecule has 2 saturated heterocycles. The highest BCUT2D eigenvalue weighted by Gasteiger charge is 2.45. The van der Waals surface area contributed by atoms with E-state index in [2.05, 4.69) is 30.8 Å². The Morgan fingerprint density at radius 3 is 2.58 bits per heavy atom. The van der Waals surface area contributed by atoms with Gasteiger partial charge in [0.25, 0.3) is 0 Å². The van der Waals surface area contributed by atoms with E-state index in [0.29, 0.717) is 11.6 Å². The van der Waals surface area contributed by atoms with Crippen LogP contribution in [0.15, 0.2) is 59.9 Å². The van der Waals surface area contributed by atoms with Crippen LogP contribution in [0, 0.1) is 6.92 Å². The second-order valence-electron chi connectivity index (χ2n) is 9.56. The van der Waals surface area contributed by atoms with Crippen LogP contribution in [0.2, 0.25) is 0 Å². The molecule has 0 aliphatic carbocycles. The Morgan fingerprint density at radius 1 is 1.06 bits per heavy atom. The van der Waals surface area contributed by atoms with Gasteiger partial charge in [-0.15, -0.1) is 0 Å². The van der Waals surface area contributed by atoms with E-state index in [0.717, 1.165) is 54.5 Å². The molecule has 3 atom stereocenters. The number of H-pyrrole nitrogens is 1. The lowest BCUT2D eigenvalue weighted by Crippen LogP contribution is -2.56. The van der Waals surface area contributed by atoms with Crippen LogP contribution in [0.5, 0.6) is 0 Å². The standard InChI is InChI=1S/C25H28N8O2S/c1-16-11-24(32-31-16)29-23-14-22-21(8-4-10-27-22)25(30-23)28-17-12-18-5-2-6-19(13-17)33(18)36(34,35)20-7-3-9-26-15-20/h3-4,7-11,14-15,17-19H,2,5-6,12-13H2,1H3,(H3,28,29,30,31,32)/t17-,18+,19-. The summed E-state index contributed by atoms with van der Waals surface area (Å²) in [6.45, 7) is 1.94. The van der Waals surface area contributed by atoms with Crippen molar-refractivity contribution >= 4 is 38.4 Å². The monoisotopic (exact) mass is 504 g/mol. The van der Waals surface area contributed by atoms with Gasteiger partial charge in [-0.1, -0.05) is 6.42 Å². The van der Waals surface area contributed by atoms with Crippen LogP contribution < -0.4 is 10.6 Å². The Kier molecular flexibility index (Phi) is 5.81. The number of fused-ring (bicyclic) bond motifs is 3. The topological polar surface area (TPSA) is 129 Å². The van der Waals surface area contributed by atoms with Crippen molar-refractivity contribution in [1.29, 1.82) is 0 Å². The molecule has 0 spiro atoms. The average Bonchev–Trinajstić information content (AvgIpc) is 3.28. The maximum absolute atomic E-state index is 13.5. The van der Waals surface area contributed by atoms with Crippen LogP contribution in [0.25, 0.3) is 10.9 Å². The van der Waals surface area contributed by atoms with Crippen molar-refractivity contribution in [3.8, 4) is 0 Å². The van der Waals surface area contributed by atoms with E-state index in [1.165, 1.54) is 6.20 Å². The summed E-state index contributed by atoms with van der Waals surface area (Å²) in [7, 11) is -3.59. The molecule has 0 saturated carbocycles. The van der Waals surface area contributed by atoms with Crippen molar-refractivity contribution in [1.82, 2.24) is 29.5 Å². The lowest BCUT2D eigenvalue weighted by atomic mass is 9.84. The van der Waals surface area contributed by atoms with E-state index in [9.17, 15) is 8.42 Å². The predicted molar refractivity (Wildman–Crippen MR) is 137 cm³/mol. The van der Waals surface area contributed by atoms with Crippen molar-refractivity contribution in [3.05, 3.63) is 60.7 Å². The molecule has 2 bridgehead atoms. The van der Waals surface area contributed by atoms with E-state index < -0.39 is 10.0 Å². The Labute approximate surface area is 209 Å². The summed E-state index contributed by atoms with van der Waals surface area (Å²) < 4.78 is 28.7. The van der Waals surface area contributed by atoms with Gasteiger partial charge in [-0.3, -0.25) is 15.1 Å². The van der Waals surface area contributed by atoms with Crippen LogP contribution in [-0.2, 0) is 10.0 Å². The second kappa shape index (κ2) is 9.14. The van der Waals surface area contributed by atoms with Gasteiger partial charge in [0, 0.05) is 59.9 Å². The molecule has 11 heteroatoms. The fraction of sp³-hybridized carbons (Fsp3) is 0.360. The maximum Gasteiger partial charge on any atom is 0.245 e. The largest absolute Gasteiger partial charge is 0.367 e. The molecule has 6 rings (SSSR count). The van der Waals surface area contributed by atoms with Gasteiger partial charge in [0.1, 0.15) is 16.5 Å². The minimum atomic E-state index is -3.59. The highest BCUT2D eigenvalue weighted by Crippen LogP contribution is 2.39. The van der Waals surface area contributed by atoms with E-state index in [4.69, 9.17) is 4.98 Å². The molecule has 0 amide bonds. The molecule has 2 fully saturated rings. The molecule has 0 aromatic carbocycles. The Morgan fingerprint density at radius 2 is 1.86 bits per heavy atom. The van der Waals surface area contributed by atoms with Crippen molar-refractivity contribution in [2.75, 3.05) is 10.6 Å². The van der Waals surface area contributed by atoms with Gasteiger partial charge in [-0.05, 0) is 56.9 Å². The third-order valence-electron chi connectivity index (χ3n) is 7.02. The fourth-order valence-electron chi connectivity index (χ4n) is 5.53. The van der Waals surface area contributed by atoms with Gasteiger partial charge >= 0.3 is 0 Å². The molecule has 36 heavy (non-hydrogen) atoms. The lowest BCUT2D eigenvalue weighted by molar-refractivity contribution is 0.116. The minimum Gasteiger partial charge on any atom is -0.367 e. The average molecular weight is 505 g/mol. The smallest absolute Gasteiger partial charge is 0.245 e. The number of nitrogens with zero attached hydrogens (tertiary/aromatic N) is 5. The number of aromatic nitrogens is 5. The van der Waals surface area contributed by atoms with Gasteiger partial charge in [0.2, 0.25) is 10.0 Å². The number of pyridine rings is 3. The molecule has 2 aliphatic heterocycles. The zero-order chi connectivity index (χ0) is 24.7. The van der Waals surface area contributed by atoms with Gasteiger partial charge in [0.15, 0.2) is 5.82 Å². The number of hydrogen-bond acceptors (Lipinski definition) is 8. The molecule has 186 valence electrons. The molecular formula is C25H28N8O2S. The van der Waals surface area contributed by atoms with Crippen LogP contribution in [0.3, 0.4) is 0 Å². The summed E-state index contributed by atoms with van der Waals surface area (Å²) in [6.07, 6.45) is 8.98. The molecule has 3 N–H and O–H groups in total. The van der Waals surface area contributed by atoms with Crippen molar-refractivity contribution in [2.24, 2.45) is 0 Å². The van der Waals surface area contributed by atoms with E-state index >= 15 is 0 Å². The van der Waals surface area contributed by atoms with Crippen molar-refractivity contribution < 1.29 is 8.42 Å². The summed E-state index contributed by atoms with van der Waals surface area (Å²) >= 11 is 0. The Hall–Kier alpha value is -3.57. The number of anilines is 3. The molecule has 4 aromatic heterocycles. The summed E-state index contributed by atoms with van der Waals surface area (Å²) in [5, 5.41) is 15.0. The lowest BCUT2D eigenvalue weighted by Gasteiger charge is -2.47. The zero-order valence-electron chi connectivity index (χ0n) is 19.9. The summed E-state index contributed by atoms with van der Waals surface area (Å²) in [4.78, 5) is 13.7. The zero-order valence-corrected chi connectivity index (χ0v) is 20.7. The van der Waals surface area contributed by atoms with Gasteiger partial charge < -0.3 is 10.6 Å². The SMILES string of the molecule is Cc1cc(Nc2cc3ncccc3c(N[C@H]3C[C@H]4CCC[C@@H](C3)N4S(=O)(=O)c3cccnc3)n2)n[nH]1. The Bertz CT molecular complexity index is 1480. The highest BCUT2D eigenvalue weighted by atomic mass is 32.2. The predicted octanol–water partition coefficient (Wildman–Crippen LogP) is 3.99. The highest BCUT2D eigenvalue weighted by molar-refractivity contribution is 7.89. The summed E-state index contributed by atoms with van der Waals surface area (Å²) in [5.41, 5.74) is 1.77. The molecule has 0 radical (unpaired) electrons. The summed E-state index contributed by atoms with van der Waals surface area (Å²) in [6, 6.07) is 11.0. The molecular weight excluding hydrogens is 476 g/mol. The van der Waals surface area contributed by atoms with Crippen LogP contribution in [0.1, 0.15) is 37.8 Å². The van der Waals surface area contributed by atoms with Crippen LogP contribution in [-0.4, -0.2) is 56.0 Å². The van der Waals surface area contributed by atoms with E-state index in [1.807, 2.05) is 31.2 Å². The molecule has 2 aliphatic rings. The number of hydrogen-bond donors (Lipinski definition) is 3. The van der Waals surface area contributed by atoms with Crippen LogP contribution >= 0.6 is 0 Å². The number of aromatic amines is 1. The first-order chi connectivity index (χ1) is 17.5. The number of rotatable bonds is 6. The normalized spacial score (nSPS) is 22.4. The number of sulfonamides is 1. The second-order valence-corrected chi connectivity index (χ2v) is 11.4.